The van der Waals surface area contributed by atoms with Crippen LogP contribution in [0.5, 0.6) is 0 Å². The predicted octanol–water partition coefficient (Wildman–Crippen LogP) is 1.51. The highest BCUT2D eigenvalue weighted by Crippen LogP contribution is 2.32. The number of piperazine rings is 1. The quantitative estimate of drug-likeness (QED) is 0.534. The average Bonchev–Trinajstić information content (AvgIpc) is 3.31. The summed E-state index contributed by atoms with van der Waals surface area (Å²) in [5.74, 6) is -2.53. The number of nitrogens with zero attached hydrogens (tertiary/aromatic N) is 4. The van der Waals surface area contributed by atoms with Crippen molar-refractivity contribution in [1.29, 1.82) is 0 Å². The second-order valence-corrected chi connectivity index (χ2v) is 8.98. The largest absolute Gasteiger partial charge is 0.453 e. The van der Waals surface area contributed by atoms with Gasteiger partial charge < -0.3 is 29.9 Å². The van der Waals surface area contributed by atoms with E-state index in [9.17, 15) is 19.2 Å². The van der Waals surface area contributed by atoms with Gasteiger partial charge in [0.1, 0.15) is 18.3 Å². The molecule has 0 radical (unpaired) electrons. The minimum absolute atomic E-state index is 0.0412. The monoisotopic (exact) mass is 546 g/mol. The summed E-state index contributed by atoms with van der Waals surface area (Å²) >= 11 is 0. The zero-order chi connectivity index (χ0) is 28.1. The van der Waals surface area contributed by atoms with Crippen molar-refractivity contribution in [3.63, 3.8) is 0 Å². The standard InChI is InChI=1S/C25H28F2N6O6/c1-15(30-22(34)16-4-3-5-28-12-16)23(35)32-8-6-31(7-9-32)21-19(26)10-17(11-20(21)27)33-18(14-39-25(33)37)13-29-24(36)38-2/h3-5,10-12,15,18H,6-9,13-14H2,1-2H3,(H,29,36)(H,30,34)/t15-,18?/m0/s1. The van der Waals surface area contributed by atoms with Crippen molar-refractivity contribution < 1.29 is 37.4 Å². The van der Waals surface area contributed by atoms with Crippen LogP contribution >= 0.6 is 0 Å². The van der Waals surface area contributed by atoms with Crippen LogP contribution in [0, 0.1) is 11.6 Å². The number of alkyl carbamates (subject to hydrolysis) is 1. The first kappa shape index (κ1) is 27.5. The summed E-state index contributed by atoms with van der Waals surface area (Å²) in [6, 6.07) is 3.77. The minimum atomic E-state index is -0.888. The number of carbonyl (C=O) groups is 4. The molecule has 12 nitrogen and oxygen atoms in total. The number of nitrogens with one attached hydrogen (secondary N) is 2. The molecule has 2 aliphatic heterocycles. The highest BCUT2D eigenvalue weighted by molar-refractivity contribution is 5.97. The molecule has 2 aromatic rings. The highest BCUT2D eigenvalue weighted by Gasteiger charge is 2.36. The van der Waals surface area contributed by atoms with Crippen molar-refractivity contribution in [1.82, 2.24) is 20.5 Å². The maximum atomic E-state index is 15.2. The van der Waals surface area contributed by atoms with Crippen LogP contribution in [-0.2, 0) is 14.3 Å². The Morgan fingerprint density at radius 1 is 1.18 bits per heavy atom. The highest BCUT2D eigenvalue weighted by atomic mass is 19.1. The summed E-state index contributed by atoms with van der Waals surface area (Å²) in [6.07, 6.45) is 1.41. The number of aromatic nitrogens is 1. The van der Waals surface area contributed by atoms with Crippen molar-refractivity contribution in [2.75, 3.05) is 56.2 Å². The predicted molar refractivity (Wildman–Crippen MR) is 134 cm³/mol. The number of amides is 4. The number of hydrogen-bond donors (Lipinski definition) is 2. The van der Waals surface area contributed by atoms with Gasteiger partial charge >= 0.3 is 12.2 Å². The van der Waals surface area contributed by atoms with E-state index in [2.05, 4.69) is 20.4 Å². The molecule has 2 fully saturated rings. The average molecular weight is 547 g/mol. The van der Waals surface area contributed by atoms with Gasteiger partial charge in [-0.05, 0) is 19.1 Å². The molecule has 4 rings (SSSR count). The number of halogens is 2. The number of ether oxygens (including phenoxy) is 2. The number of cyclic esters (lactones) is 1. The number of carbonyl (C=O) groups excluding carboxylic acids is 4. The van der Waals surface area contributed by atoms with Crippen LogP contribution in [0.3, 0.4) is 0 Å². The van der Waals surface area contributed by atoms with E-state index in [0.717, 1.165) is 17.0 Å². The van der Waals surface area contributed by atoms with Crippen LogP contribution in [0.1, 0.15) is 17.3 Å². The SMILES string of the molecule is COC(=O)NCC1COC(=O)N1c1cc(F)c(N2CCN(C(=O)[C@H](C)NC(=O)c3cccnc3)CC2)c(F)c1. The van der Waals surface area contributed by atoms with Gasteiger partial charge in [0.15, 0.2) is 11.6 Å². The zero-order valence-electron chi connectivity index (χ0n) is 21.4. The van der Waals surface area contributed by atoms with E-state index in [1.807, 2.05) is 0 Å². The first-order chi connectivity index (χ1) is 18.7. The van der Waals surface area contributed by atoms with E-state index in [0.29, 0.717) is 5.56 Å². The Morgan fingerprint density at radius 3 is 2.49 bits per heavy atom. The Bertz CT molecular complexity index is 1220. The number of rotatable bonds is 7. The first-order valence-electron chi connectivity index (χ1n) is 12.2. The lowest BCUT2D eigenvalue weighted by molar-refractivity contribution is -0.133. The Labute approximate surface area is 222 Å². The molecule has 0 spiro atoms. The van der Waals surface area contributed by atoms with Gasteiger partial charge in [0.05, 0.1) is 24.4 Å². The van der Waals surface area contributed by atoms with Gasteiger partial charge in [-0.2, -0.15) is 0 Å². The molecule has 2 aliphatic rings. The number of hydrogen-bond acceptors (Lipinski definition) is 8. The number of benzene rings is 1. The van der Waals surface area contributed by atoms with E-state index >= 15 is 8.78 Å². The lowest BCUT2D eigenvalue weighted by atomic mass is 10.1. The third kappa shape index (κ3) is 6.16. The molecule has 39 heavy (non-hydrogen) atoms. The van der Waals surface area contributed by atoms with Crippen LogP contribution < -0.4 is 20.4 Å². The molecule has 0 saturated carbocycles. The molecule has 0 aliphatic carbocycles. The van der Waals surface area contributed by atoms with Gasteiger partial charge in [-0.1, -0.05) is 0 Å². The number of methoxy groups -OCH3 is 1. The third-order valence-electron chi connectivity index (χ3n) is 6.46. The molecule has 4 amide bonds. The second kappa shape index (κ2) is 11.9. The van der Waals surface area contributed by atoms with Gasteiger partial charge in [-0.25, -0.2) is 18.4 Å². The lowest BCUT2D eigenvalue weighted by Crippen LogP contribution is -2.54. The fourth-order valence-corrected chi connectivity index (χ4v) is 4.46. The van der Waals surface area contributed by atoms with Gasteiger partial charge in [-0.3, -0.25) is 19.5 Å². The third-order valence-corrected chi connectivity index (χ3v) is 6.46. The molecular weight excluding hydrogens is 518 g/mol. The second-order valence-electron chi connectivity index (χ2n) is 8.98. The normalized spacial score (nSPS) is 17.9. The maximum Gasteiger partial charge on any atom is 0.414 e. The van der Waals surface area contributed by atoms with Crippen molar-refractivity contribution in [2.45, 2.75) is 19.0 Å². The van der Waals surface area contributed by atoms with Crippen molar-refractivity contribution in [3.8, 4) is 0 Å². The number of anilines is 2. The zero-order valence-corrected chi connectivity index (χ0v) is 21.4. The Morgan fingerprint density at radius 2 is 1.87 bits per heavy atom. The van der Waals surface area contributed by atoms with Gasteiger partial charge in [0.2, 0.25) is 5.91 Å². The molecule has 0 bridgehead atoms. The van der Waals surface area contributed by atoms with Crippen LogP contribution in [-0.4, -0.2) is 92.4 Å². The minimum Gasteiger partial charge on any atom is -0.453 e. The van der Waals surface area contributed by atoms with Gasteiger partial charge in [0, 0.05) is 57.3 Å². The summed E-state index contributed by atoms with van der Waals surface area (Å²) in [4.78, 5) is 56.8. The van der Waals surface area contributed by atoms with Crippen LogP contribution in [0.2, 0.25) is 0 Å². The summed E-state index contributed by atoms with van der Waals surface area (Å²) in [5, 5.41) is 5.07. The molecule has 2 N–H and O–H groups in total. The summed E-state index contributed by atoms with van der Waals surface area (Å²) < 4.78 is 39.9. The van der Waals surface area contributed by atoms with E-state index in [4.69, 9.17) is 4.74 Å². The molecule has 2 atom stereocenters. The van der Waals surface area contributed by atoms with Gasteiger partial charge in [-0.15, -0.1) is 0 Å². The topological polar surface area (TPSA) is 133 Å². The van der Waals surface area contributed by atoms with Crippen LogP contribution in [0.15, 0.2) is 36.7 Å². The molecule has 1 aromatic heterocycles. The summed E-state index contributed by atoms with van der Waals surface area (Å²) in [7, 11) is 1.19. The van der Waals surface area contributed by atoms with Crippen molar-refractivity contribution >= 4 is 35.4 Å². The molecule has 2 saturated heterocycles. The molecule has 208 valence electrons. The molecule has 1 aromatic carbocycles. The maximum absolute atomic E-state index is 15.2. The van der Waals surface area contributed by atoms with Gasteiger partial charge in [0.25, 0.3) is 5.91 Å². The molecule has 14 heteroatoms. The van der Waals surface area contributed by atoms with Crippen LogP contribution in [0.4, 0.5) is 29.7 Å². The van der Waals surface area contributed by atoms with Crippen molar-refractivity contribution in [2.24, 2.45) is 0 Å². The van der Waals surface area contributed by atoms with E-state index < -0.39 is 41.8 Å². The Hall–Kier alpha value is -4.49. The smallest absolute Gasteiger partial charge is 0.414 e. The Balaban J connectivity index is 1.38. The van der Waals surface area contributed by atoms with E-state index in [-0.39, 0.29) is 56.6 Å². The van der Waals surface area contributed by atoms with Crippen LogP contribution in [0.25, 0.3) is 0 Å². The fourth-order valence-electron chi connectivity index (χ4n) is 4.46. The Kier molecular flexibility index (Phi) is 8.42. The summed E-state index contributed by atoms with van der Waals surface area (Å²) in [6.45, 7) is 2.13. The first-order valence-corrected chi connectivity index (χ1v) is 12.2. The lowest BCUT2D eigenvalue weighted by Gasteiger charge is -2.37. The fraction of sp³-hybridized carbons (Fsp3) is 0.400. The molecule has 3 heterocycles. The number of pyridine rings is 1. The van der Waals surface area contributed by atoms with E-state index in [1.165, 1.54) is 29.3 Å². The van der Waals surface area contributed by atoms with E-state index in [1.54, 1.807) is 19.1 Å². The summed E-state index contributed by atoms with van der Waals surface area (Å²) in [5.41, 5.74) is -0.00917. The molecule has 1 unspecified atom stereocenters. The van der Waals surface area contributed by atoms with Crippen molar-refractivity contribution in [3.05, 3.63) is 53.9 Å². The molecular formula is C25H28F2N6O6.